The fourth-order valence-corrected chi connectivity index (χ4v) is 3.28. The molecule has 3 rings (SSSR count). The van der Waals surface area contributed by atoms with E-state index in [2.05, 4.69) is 5.32 Å². The lowest BCUT2D eigenvalue weighted by atomic mass is 10.0. The second-order valence-corrected chi connectivity index (χ2v) is 6.57. The molecule has 7 nitrogen and oxygen atoms in total. The van der Waals surface area contributed by atoms with Crippen molar-refractivity contribution >= 4 is 40.9 Å². The SMILES string of the molecule is CCN1CCN(CC(=O)NC(CN)c2ccc3ccccc3c2)C(=O)C1=O.Cl. The van der Waals surface area contributed by atoms with Gasteiger partial charge in [-0.15, -0.1) is 12.4 Å². The van der Waals surface area contributed by atoms with Crippen molar-refractivity contribution in [2.45, 2.75) is 13.0 Å². The average molecular weight is 405 g/mol. The maximum absolute atomic E-state index is 12.4. The van der Waals surface area contributed by atoms with Gasteiger partial charge in [0, 0.05) is 26.2 Å². The molecule has 1 saturated heterocycles. The van der Waals surface area contributed by atoms with Gasteiger partial charge in [0.05, 0.1) is 6.04 Å². The van der Waals surface area contributed by atoms with Crippen LogP contribution in [-0.2, 0) is 14.4 Å². The van der Waals surface area contributed by atoms with Gasteiger partial charge in [0.25, 0.3) is 0 Å². The van der Waals surface area contributed by atoms with Crippen LogP contribution in [-0.4, -0.2) is 60.2 Å². The number of rotatable bonds is 6. The van der Waals surface area contributed by atoms with E-state index in [9.17, 15) is 14.4 Å². The number of piperazine rings is 1. The van der Waals surface area contributed by atoms with Crippen molar-refractivity contribution in [1.29, 1.82) is 0 Å². The lowest BCUT2D eigenvalue weighted by Crippen LogP contribution is -2.56. The third kappa shape index (κ3) is 4.61. The van der Waals surface area contributed by atoms with Gasteiger partial charge >= 0.3 is 11.8 Å². The summed E-state index contributed by atoms with van der Waals surface area (Å²) in [6.07, 6.45) is 0. The van der Waals surface area contributed by atoms with Gasteiger partial charge in [-0.3, -0.25) is 14.4 Å². The minimum absolute atomic E-state index is 0. The van der Waals surface area contributed by atoms with E-state index in [1.54, 1.807) is 0 Å². The van der Waals surface area contributed by atoms with Crippen molar-refractivity contribution in [1.82, 2.24) is 15.1 Å². The molecule has 1 fully saturated rings. The molecule has 3 amide bonds. The first-order valence-electron chi connectivity index (χ1n) is 9.09. The standard InChI is InChI=1S/C20H24N4O3.ClH/c1-2-23-9-10-24(20(27)19(23)26)13-18(25)22-17(12-21)16-8-7-14-5-3-4-6-15(14)11-16;/h3-8,11,17H,2,9-10,12-13,21H2,1H3,(H,22,25);1H. The van der Waals surface area contributed by atoms with E-state index in [0.29, 0.717) is 19.6 Å². The van der Waals surface area contributed by atoms with Crippen molar-refractivity contribution in [3.8, 4) is 0 Å². The van der Waals surface area contributed by atoms with Crippen LogP contribution in [0.2, 0.25) is 0 Å². The summed E-state index contributed by atoms with van der Waals surface area (Å²) in [6, 6.07) is 13.5. The quantitative estimate of drug-likeness (QED) is 0.704. The highest BCUT2D eigenvalue weighted by Crippen LogP contribution is 2.20. The maximum Gasteiger partial charge on any atom is 0.312 e. The minimum atomic E-state index is -0.631. The van der Waals surface area contributed by atoms with Crippen molar-refractivity contribution in [3.05, 3.63) is 48.0 Å². The summed E-state index contributed by atoms with van der Waals surface area (Å²) >= 11 is 0. The molecule has 28 heavy (non-hydrogen) atoms. The summed E-state index contributed by atoms with van der Waals surface area (Å²) in [6.45, 7) is 3.20. The van der Waals surface area contributed by atoms with Crippen LogP contribution in [0.1, 0.15) is 18.5 Å². The molecule has 0 bridgehead atoms. The molecule has 150 valence electrons. The Morgan fingerprint density at radius 3 is 2.39 bits per heavy atom. The number of hydrogen-bond acceptors (Lipinski definition) is 4. The highest BCUT2D eigenvalue weighted by atomic mass is 35.5. The third-order valence-electron chi connectivity index (χ3n) is 4.86. The number of hydrogen-bond donors (Lipinski definition) is 2. The molecule has 0 aliphatic carbocycles. The molecule has 0 saturated carbocycles. The lowest BCUT2D eigenvalue weighted by molar-refractivity contribution is -0.156. The van der Waals surface area contributed by atoms with Crippen LogP contribution in [0.15, 0.2) is 42.5 Å². The highest BCUT2D eigenvalue weighted by Gasteiger charge is 2.32. The topological polar surface area (TPSA) is 95.7 Å². The predicted molar refractivity (Wildman–Crippen MR) is 110 cm³/mol. The van der Waals surface area contributed by atoms with Gasteiger partial charge in [0.15, 0.2) is 0 Å². The van der Waals surface area contributed by atoms with Gasteiger partial charge < -0.3 is 20.9 Å². The Kier molecular flexibility index (Phi) is 7.37. The van der Waals surface area contributed by atoms with Gasteiger partial charge in [-0.1, -0.05) is 36.4 Å². The molecular weight excluding hydrogens is 380 g/mol. The highest BCUT2D eigenvalue weighted by molar-refractivity contribution is 6.35. The Balaban J connectivity index is 0.00000280. The van der Waals surface area contributed by atoms with Crippen LogP contribution in [0.4, 0.5) is 0 Å². The van der Waals surface area contributed by atoms with E-state index in [1.807, 2.05) is 49.4 Å². The van der Waals surface area contributed by atoms with E-state index >= 15 is 0 Å². The second kappa shape index (κ2) is 9.52. The van der Waals surface area contributed by atoms with Gasteiger partial charge in [0.1, 0.15) is 6.54 Å². The van der Waals surface area contributed by atoms with Crippen LogP contribution in [0, 0.1) is 0 Å². The molecule has 2 aromatic carbocycles. The Hall–Kier alpha value is -2.64. The fourth-order valence-electron chi connectivity index (χ4n) is 3.28. The lowest BCUT2D eigenvalue weighted by Gasteiger charge is -2.33. The number of benzene rings is 2. The number of nitrogens with two attached hydrogens (primary N) is 1. The summed E-state index contributed by atoms with van der Waals surface area (Å²) in [5.74, 6) is -1.51. The van der Waals surface area contributed by atoms with Crippen molar-refractivity contribution < 1.29 is 14.4 Å². The Morgan fingerprint density at radius 2 is 1.71 bits per heavy atom. The summed E-state index contributed by atoms with van der Waals surface area (Å²) < 4.78 is 0. The zero-order chi connectivity index (χ0) is 19.4. The molecule has 1 aliphatic heterocycles. The first-order valence-corrected chi connectivity index (χ1v) is 9.09. The third-order valence-corrected chi connectivity index (χ3v) is 4.86. The second-order valence-electron chi connectivity index (χ2n) is 6.57. The number of fused-ring (bicyclic) bond motifs is 1. The predicted octanol–water partition coefficient (Wildman–Crippen LogP) is 1.07. The Morgan fingerprint density at radius 1 is 1.07 bits per heavy atom. The van der Waals surface area contributed by atoms with Gasteiger partial charge in [0.2, 0.25) is 5.91 Å². The summed E-state index contributed by atoms with van der Waals surface area (Å²) in [4.78, 5) is 39.3. The molecule has 8 heteroatoms. The molecule has 1 heterocycles. The number of carbonyl (C=O) groups excluding carboxylic acids is 3. The minimum Gasteiger partial charge on any atom is -0.346 e. The van der Waals surface area contributed by atoms with E-state index in [1.165, 1.54) is 9.80 Å². The molecule has 3 N–H and O–H groups in total. The van der Waals surface area contributed by atoms with E-state index < -0.39 is 11.8 Å². The molecule has 1 unspecified atom stereocenters. The van der Waals surface area contributed by atoms with Crippen molar-refractivity contribution in [2.24, 2.45) is 5.73 Å². The smallest absolute Gasteiger partial charge is 0.312 e. The zero-order valence-electron chi connectivity index (χ0n) is 15.8. The largest absolute Gasteiger partial charge is 0.346 e. The van der Waals surface area contributed by atoms with Crippen LogP contribution in [0.25, 0.3) is 10.8 Å². The monoisotopic (exact) mass is 404 g/mol. The summed E-state index contributed by atoms with van der Waals surface area (Å²) in [5, 5.41) is 5.05. The van der Waals surface area contributed by atoms with Crippen molar-refractivity contribution in [3.63, 3.8) is 0 Å². The van der Waals surface area contributed by atoms with Crippen LogP contribution < -0.4 is 11.1 Å². The van der Waals surface area contributed by atoms with Crippen molar-refractivity contribution in [2.75, 3.05) is 32.7 Å². The first kappa shape index (κ1) is 21.7. The number of amides is 3. The van der Waals surface area contributed by atoms with E-state index in [-0.39, 0.29) is 37.4 Å². The molecule has 2 aromatic rings. The molecule has 0 spiro atoms. The Labute approximate surface area is 170 Å². The number of likely N-dealkylation sites (N-methyl/N-ethyl adjacent to an activating group) is 1. The Bertz CT molecular complexity index is 873. The number of nitrogens with one attached hydrogen (secondary N) is 1. The molecule has 0 aromatic heterocycles. The molecule has 1 aliphatic rings. The van der Waals surface area contributed by atoms with Gasteiger partial charge in [-0.25, -0.2) is 0 Å². The van der Waals surface area contributed by atoms with Gasteiger partial charge in [-0.05, 0) is 29.3 Å². The summed E-state index contributed by atoms with van der Waals surface area (Å²) in [5.41, 5.74) is 6.77. The molecule has 0 radical (unpaired) electrons. The number of carbonyl (C=O) groups is 3. The zero-order valence-corrected chi connectivity index (χ0v) is 16.6. The summed E-state index contributed by atoms with van der Waals surface area (Å²) in [7, 11) is 0. The fraction of sp³-hybridized carbons (Fsp3) is 0.350. The molecular formula is C20H25ClN4O3. The van der Waals surface area contributed by atoms with E-state index in [0.717, 1.165) is 16.3 Å². The first-order chi connectivity index (χ1) is 13.0. The van der Waals surface area contributed by atoms with Crippen LogP contribution in [0.3, 0.4) is 0 Å². The van der Waals surface area contributed by atoms with E-state index in [4.69, 9.17) is 5.73 Å². The molecule has 1 atom stereocenters. The number of nitrogens with zero attached hydrogens (tertiary/aromatic N) is 2. The average Bonchev–Trinajstić information content (AvgIpc) is 2.69. The van der Waals surface area contributed by atoms with Crippen LogP contribution in [0.5, 0.6) is 0 Å². The van der Waals surface area contributed by atoms with Crippen LogP contribution >= 0.6 is 12.4 Å². The maximum atomic E-state index is 12.4. The van der Waals surface area contributed by atoms with Gasteiger partial charge in [-0.2, -0.15) is 0 Å². The number of halogens is 1. The normalized spacial score (nSPS) is 15.4.